The molecule has 11 heteroatoms. The molecule has 2 aromatic carbocycles. The third kappa shape index (κ3) is 4.71. The molecule has 0 saturated carbocycles. The van der Waals surface area contributed by atoms with Crippen LogP contribution in [0.5, 0.6) is 17.2 Å². The Morgan fingerprint density at radius 1 is 1.03 bits per heavy atom. The van der Waals surface area contributed by atoms with E-state index in [1.807, 2.05) is 0 Å². The van der Waals surface area contributed by atoms with Crippen molar-refractivity contribution in [2.24, 2.45) is 0 Å². The normalized spacial score (nSPS) is 10.4. The van der Waals surface area contributed by atoms with Gasteiger partial charge in [-0.05, 0) is 24.3 Å². The van der Waals surface area contributed by atoms with E-state index in [1.54, 1.807) is 24.3 Å². The van der Waals surface area contributed by atoms with Gasteiger partial charge in [0.1, 0.15) is 12.1 Å². The molecule has 1 N–H and O–H groups in total. The number of aromatic nitrogens is 3. The molecule has 31 heavy (non-hydrogen) atoms. The Bertz CT molecular complexity index is 1150. The summed E-state index contributed by atoms with van der Waals surface area (Å²) >= 11 is 0. The zero-order valence-electron chi connectivity index (χ0n) is 17.1. The van der Waals surface area contributed by atoms with Crippen LogP contribution in [0.1, 0.15) is 10.4 Å². The predicted molar refractivity (Wildman–Crippen MR) is 108 cm³/mol. The van der Waals surface area contributed by atoms with E-state index >= 15 is 0 Å². The van der Waals surface area contributed by atoms with Crippen LogP contribution in [0, 0.1) is 0 Å². The average molecular weight is 428 g/mol. The summed E-state index contributed by atoms with van der Waals surface area (Å²) in [5.41, 5.74) is 0.187. The van der Waals surface area contributed by atoms with E-state index in [2.05, 4.69) is 15.6 Å². The van der Waals surface area contributed by atoms with Crippen LogP contribution < -0.4 is 25.1 Å². The first-order valence-corrected chi connectivity index (χ1v) is 9.04. The fourth-order valence-electron chi connectivity index (χ4n) is 2.76. The fourth-order valence-corrected chi connectivity index (χ4v) is 2.76. The van der Waals surface area contributed by atoms with Crippen LogP contribution in [0.4, 0.5) is 0 Å². The molecule has 162 valence electrons. The van der Waals surface area contributed by atoms with E-state index in [0.717, 1.165) is 4.68 Å². The minimum absolute atomic E-state index is 0.193. The lowest BCUT2D eigenvalue weighted by Gasteiger charge is -2.14. The molecule has 1 amide bonds. The topological polar surface area (TPSA) is 131 Å². The van der Waals surface area contributed by atoms with Gasteiger partial charge in [0.2, 0.25) is 5.75 Å². The molecule has 0 aliphatic heterocycles. The van der Waals surface area contributed by atoms with Gasteiger partial charge in [-0.2, -0.15) is 4.68 Å². The number of carbonyl (C=O) groups excluding carboxylic acids is 2. The van der Waals surface area contributed by atoms with Gasteiger partial charge in [0.15, 0.2) is 18.2 Å². The molecule has 0 atom stereocenters. The maximum absolute atomic E-state index is 12.4. The molecular formula is C20H20N4O7. The predicted octanol–water partition coefficient (Wildman–Crippen LogP) is 0.748. The largest absolute Gasteiger partial charge is 0.493 e. The van der Waals surface area contributed by atoms with Gasteiger partial charge in [-0.1, -0.05) is 17.3 Å². The lowest BCUT2D eigenvalue weighted by Crippen LogP contribution is -2.32. The number of hydrogen-bond acceptors (Lipinski definition) is 9. The first-order chi connectivity index (χ1) is 15.0. The van der Waals surface area contributed by atoms with Crippen molar-refractivity contribution < 1.29 is 28.5 Å². The standard InChI is InChI=1S/C20H20N4O7/c1-28-15-8-12(9-16(29-2)18(15)30-3)19(26)21-10-17(25)31-11-24-20(27)13-6-4-5-7-14(13)22-23-24/h4-9H,10-11H2,1-3H3,(H,21,26). The van der Waals surface area contributed by atoms with E-state index in [0.29, 0.717) is 28.2 Å². The number of carbonyl (C=O) groups is 2. The maximum atomic E-state index is 12.4. The van der Waals surface area contributed by atoms with Crippen LogP contribution >= 0.6 is 0 Å². The van der Waals surface area contributed by atoms with Crippen molar-refractivity contribution in [2.75, 3.05) is 27.9 Å². The van der Waals surface area contributed by atoms with Crippen LogP contribution in [0.15, 0.2) is 41.2 Å². The van der Waals surface area contributed by atoms with Gasteiger partial charge < -0.3 is 24.3 Å². The first-order valence-electron chi connectivity index (χ1n) is 9.04. The summed E-state index contributed by atoms with van der Waals surface area (Å²) in [6.07, 6.45) is 0. The van der Waals surface area contributed by atoms with Crippen LogP contribution in [-0.2, 0) is 16.3 Å². The molecule has 3 aromatic rings. The summed E-state index contributed by atoms with van der Waals surface area (Å²) in [7, 11) is 4.29. The van der Waals surface area contributed by atoms with E-state index in [4.69, 9.17) is 18.9 Å². The van der Waals surface area contributed by atoms with Crippen molar-refractivity contribution in [1.82, 2.24) is 20.3 Å². The molecular weight excluding hydrogens is 408 g/mol. The number of methoxy groups -OCH3 is 3. The summed E-state index contributed by atoms with van der Waals surface area (Å²) in [6.45, 7) is -0.860. The lowest BCUT2D eigenvalue weighted by molar-refractivity contribution is -0.146. The SMILES string of the molecule is COc1cc(C(=O)NCC(=O)OCn2nnc3ccccc3c2=O)cc(OC)c1OC. The zero-order valence-corrected chi connectivity index (χ0v) is 17.1. The van der Waals surface area contributed by atoms with Crippen molar-refractivity contribution >= 4 is 22.8 Å². The smallest absolute Gasteiger partial charge is 0.327 e. The van der Waals surface area contributed by atoms with E-state index in [1.165, 1.54) is 33.5 Å². The summed E-state index contributed by atoms with van der Waals surface area (Å²) < 4.78 is 21.5. The number of ether oxygens (including phenoxy) is 4. The Balaban J connectivity index is 1.62. The highest BCUT2D eigenvalue weighted by Gasteiger charge is 2.18. The molecule has 11 nitrogen and oxygen atoms in total. The van der Waals surface area contributed by atoms with Gasteiger partial charge in [0.25, 0.3) is 11.5 Å². The second kappa shape index (κ2) is 9.57. The maximum Gasteiger partial charge on any atom is 0.327 e. The van der Waals surface area contributed by atoms with E-state index in [-0.39, 0.29) is 5.56 Å². The van der Waals surface area contributed by atoms with Gasteiger partial charge >= 0.3 is 5.97 Å². The third-order valence-electron chi connectivity index (χ3n) is 4.30. The Labute approximate surface area is 176 Å². The average Bonchev–Trinajstić information content (AvgIpc) is 2.81. The Kier molecular flexibility index (Phi) is 6.65. The minimum Gasteiger partial charge on any atom is -0.493 e. The number of benzene rings is 2. The van der Waals surface area contributed by atoms with E-state index < -0.39 is 30.7 Å². The highest BCUT2D eigenvalue weighted by Crippen LogP contribution is 2.38. The Morgan fingerprint density at radius 2 is 1.71 bits per heavy atom. The molecule has 0 spiro atoms. The summed E-state index contributed by atoms with van der Waals surface area (Å²) in [6, 6.07) is 9.58. The van der Waals surface area contributed by atoms with Crippen molar-refractivity contribution in [3.05, 3.63) is 52.3 Å². The first kappa shape index (κ1) is 21.6. The summed E-state index contributed by atoms with van der Waals surface area (Å²) in [5, 5.41) is 10.4. The molecule has 3 rings (SSSR count). The molecule has 0 aliphatic rings. The molecule has 1 heterocycles. The van der Waals surface area contributed by atoms with Gasteiger partial charge in [-0.3, -0.25) is 14.4 Å². The molecule has 0 fully saturated rings. The highest BCUT2D eigenvalue weighted by molar-refractivity contribution is 5.97. The second-order valence-corrected chi connectivity index (χ2v) is 6.15. The number of nitrogens with zero attached hydrogens (tertiary/aromatic N) is 3. The molecule has 0 bridgehead atoms. The Hall–Kier alpha value is -4.15. The number of amides is 1. The third-order valence-corrected chi connectivity index (χ3v) is 4.30. The number of rotatable bonds is 8. The van der Waals surface area contributed by atoms with E-state index in [9.17, 15) is 14.4 Å². The lowest BCUT2D eigenvalue weighted by atomic mass is 10.1. The fraction of sp³-hybridized carbons (Fsp3) is 0.250. The molecule has 0 aliphatic carbocycles. The Morgan fingerprint density at radius 3 is 2.35 bits per heavy atom. The second-order valence-electron chi connectivity index (χ2n) is 6.15. The van der Waals surface area contributed by atoms with Crippen LogP contribution in [-0.4, -0.2) is 54.7 Å². The van der Waals surface area contributed by atoms with Crippen LogP contribution in [0.3, 0.4) is 0 Å². The summed E-state index contributed by atoms with van der Waals surface area (Å²) in [5.74, 6) is -0.392. The number of fused-ring (bicyclic) bond motifs is 1. The van der Waals surface area contributed by atoms with Crippen molar-refractivity contribution in [1.29, 1.82) is 0 Å². The van der Waals surface area contributed by atoms with Crippen molar-refractivity contribution in [3.8, 4) is 17.2 Å². The molecule has 1 aromatic heterocycles. The number of hydrogen-bond donors (Lipinski definition) is 1. The number of esters is 1. The van der Waals surface area contributed by atoms with Gasteiger partial charge in [-0.15, -0.1) is 5.10 Å². The van der Waals surface area contributed by atoms with Gasteiger partial charge in [0.05, 0.1) is 26.7 Å². The van der Waals surface area contributed by atoms with Gasteiger partial charge in [0, 0.05) is 5.56 Å². The molecule has 0 radical (unpaired) electrons. The minimum atomic E-state index is -0.761. The van der Waals surface area contributed by atoms with Crippen molar-refractivity contribution in [3.63, 3.8) is 0 Å². The van der Waals surface area contributed by atoms with Crippen molar-refractivity contribution in [2.45, 2.75) is 6.73 Å². The highest BCUT2D eigenvalue weighted by atomic mass is 16.5. The monoisotopic (exact) mass is 428 g/mol. The van der Waals surface area contributed by atoms with Crippen LogP contribution in [0.2, 0.25) is 0 Å². The number of nitrogens with one attached hydrogen (secondary N) is 1. The summed E-state index contributed by atoms with van der Waals surface area (Å²) in [4.78, 5) is 36.7. The molecule has 0 saturated heterocycles. The molecule has 0 unspecified atom stereocenters. The van der Waals surface area contributed by atoms with Crippen LogP contribution in [0.25, 0.3) is 10.9 Å². The quantitative estimate of drug-likeness (QED) is 0.516. The zero-order chi connectivity index (χ0) is 22.4. The van der Waals surface area contributed by atoms with Gasteiger partial charge in [-0.25, -0.2) is 0 Å².